The van der Waals surface area contributed by atoms with Crippen molar-refractivity contribution >= 4 is 0 Å². The fraction of sp³-hybridized carbons (Fsp3) is 0.571. The van der Waals surface area contributed by atoms with Crippen molar-refractivity contribution in [3.63, 3.8) is 0 Å². The maximum Gasteiger partial charge on any atom is 0.129 e. The highest BCUT2D eigenvalue weighted by atomic mass is 19.1. The Morgan fingerprint density at radius 1 is 1.35 bits per heavy atom. The lowest BCUT2D eigenvalue weighted by Crippen LogP contribution is -2.35. The van der Waals surface area contributed by atoms with Crippen LogP contribution in [0.5, 0.6) is 0 Å². The molecular weight excluding hydrogens is 220 g/mol. The number of nitrogens with one attached hydrogen (secondary N) is 1. The highest BCUT2D eigenvalue weighted by Crippen LogP contribution is 2.20. The number of halogens is 2. The molecule has 0 radical (unpaired) electrons. The summed E-state index contributed by atoms with van der Waals surface area (Å²) < 4.78 is 26.2. The van der Waals surface area contributed by atoms with Gasteiger partial charge in [0.1, 0.15) is 12.5 Å². The third-order valence-corrected chi connectivity index (χ3v) is 3.51. The van der Waals surface area contributed by atoms with Crippen LogP contribution in [-0.2, 0) is 13.1 Å². The largest absolute Gasteiger partial charge is 0.314 e. The van der Waals surface area contributed by atoms with Crippen LogP contribution in [0.3, 0.4) is 0 Å². The molecule has 0 amide bonds. The van der Waals surface area contributed by atoms with Crippen molar-refractivity contribution in [2.24, 2.45) is 0 Å². The van der Waals surface area contributed by atoms with E-state index in [1.54, 1.807) is 6.92 Å². The fourth-order valence-electron chi connectivity index (χ4n) is 2.51. The Morgan fingerprint density at radius 3 is 2.76 bits per heavy atom. The van der Waals surface area contributed by atoms with E-state index in [4.69, 9.17) is 0 Å². The highest BCUT2D eigenvalue weighted by Gasteiger charge is 2.15. The van der Waals surface area contributed by atoms with Gasteiger partial charge < -0.3 is 5.32 Å². The number of hydrogen-bond acceptors (Lipinski definition) is 1. The summed E-state index contributed by atoms with van der Waals surface area (Å²) in [6, 6.07) is 3.84. The second kappa shape index (κ2) is 5.58. The molecule has 0 bridgehead atoms. The summed E-state index contributed by atoms with van der Waals surface area (Å²) >= 11 is 0. The summed E-state index contributed by atoms with van der Waals surface area (Å²) in [6.45, 7) is 2.10. The minimum absolute atomic E-state index is 0.199. The minimum atomic E-state index is -0.723. The molecule has 0 spiro atoms. The van der Waals surface area contributed by atoms with E-state index in [2.05, 4.69) is 5.32 Å². The monoisotopic (exact) mass is 239 g/mol. The molecule has 1 aliphatic rings. The molecular formula is C14H19F2N. The summed E-state index contributed by atoms with van der Waals surface area (Å²) in [5, 5.41) is 3.44. The molecule has 1 atom stereocenters. The molecule has 0 aromatic heterocycles. The zero-order chi connectivity index (χ0) is 12.3. The summed E-state index contributed by atoms with van der Waals surface area (Å²) in [7, 11) is 0. The maximum atomic E-state index is 13.6. The van der Waals surface area contributed by atoms with Crippen LogP contribution in [0.25, 0.3) is 0 Å². The van der Waals surface area contributed by atoms with Crippen LogP contribution in [0.1, 0.15) is 36.0 Å². The molecule has 1 heterocycles. The molecule has 1 unspecified atom stereocenters. The number of alkyl halides is 1. The Kier molecular flexibility index (Phi) is 4.11. The second-order valence-corrected chi connectivity index (χ2v) is 4.86. The van der Waals surface area contributed by atoms with E-state index >= 15 is 0 Å². The predicted octanol–water partition coefficient (Wildman–Crippen LogP) is 3.29. The molecule has 94 valence electrons. The minimum Gasteiger partial charge on any atom is -0.314 e. The molecule has 0 aliphatic carbocycles. The Morgan fingerprint density at radius 2 is 2.18 bits per heavy atom. The van der Waals surface area contributed by atoms with Crippen molar-refractivity contribution in [2.45, 2.75) is 45.3 Å². The molecule has 2 rings (SSSR count). The van der Waals surface area contributed by atoms with Crippen LogP contribution in [0.4, 0.5) is 8.78 Å². The molecule has 1 aliphatic heterocycles. The van der Waals surface area contributed by atoms with Gasteiger partial charge in [0.2, 0.25) is 0 Å². The van der Waals surface area contributed by atoms with Crippen LogP contribution in [-0.4, -0.2) is 12.6 Å². The van der Waals surface area contributed by atoms with Gasteiger partial charge >= 0.3 is 0 Å². The summed E-state index contributed by atoms with van der Waals surface area (Å²) in [6.07, 6.45) is 4.45. The van der Waals surface area contributed by atoms with Gasteiger partial charge in [-0.05, 0) is 49.9 Å². The SMILES string of the molecule is Cc1cc(CC2CCCCN2)cc(F)c1CF. The Labute approximate surface area is 101 Å². The molecule has 1 N–H and O–H groups in total. The van der Waals surface area contributed by atoms with Gasteiger partial charge in [0.15, 0.2) is 0 Å². The van der Waals surface area contributed by atoms with E-state index < -0.39 is 12.5 Å². The number of rotatable bonds is 3. The van der Waals surface area contributed by atoms with Crippen molar-refractivity contribution in [3.8, 4) is 0 Å². The fourth-order valence-corrected chi connectivity index (χ4v) is 2.51. The maximum absolute atomic E-state index is 13.6. The van der Waals surface area contributed by atoms with Crippen LogP contribution in [0, 0.1) is 12.7 Å². The van der Waals surface area contributed by atoms with Crippen molar-refractivity contribution in [3.05, 3.63) is 34.6 Å². The third kappa shape index (κ3) is 3.03. The van der Waals surface area contributed by atoms with E-state index in [9.17, 15) is 8.78 Å². The van der Waals surface area contributed by atoms with Crippen LogP contribution in [0.2, 0.25) is 0 Å². The average molecular weight is 239 g/mol. The summed E-state index contributed by atoms with van der Waals surface area (Å²) in [5.41, 5.74) is 1.89. The van der Waals surface area contributed by atoms with Gasteiger partial charge in [0, 0.05) is 11.6 Å². The zero-order valence-electron chi connectivity index (χ0n) is 10.2. The van der Waals surface area contributed by atoms with E-state index in [0.717, 1.165) is 30.5 Å². The molecule has 17 heavy (non-hydrogen) atoms. The van der Waals surface area contributed by atoms with Gasteiger partial charge in [-0.1, -0.05) is 12.5 Å². The number of aryl methyl sites for hydroxylation is 1. The number of benzene rings is 1. The van der Waals surface area contributed by atoms with Gasteiger partial charge in [-0.2, -0.15) is 0 Å². The first kappa shape index (κ1) is 12.5. The summed E-state index contributed by atoms with van der Waals surface area (Å²) in [4.78, 5) is 0. The standard InChI is InChI=1S/C14H19F2N/c1-10-6-11(8-14(16)13(10)9-15)7-12-4-2-3-5-17-12/h6,8,12,17H,2-5,7,9H2,1H3. The lowest BCUT2D eigenvalue weighted by molar-refractivity contribution is 0.398. The highest BCUT2D eigenvalue weighted by molar-refractivity contribution is 5.32. The first-order chi connectivity index (χ1) is 8.20. The molecule has 1 fully saturated rings. The molecule has 1 saturated heterocycles. The van der Waals surface area contributed by atoms with Gasteiger partial charge in [-0.3, -0.25) is 0 Å². The second-order valence-electron chi connectivity index (χ2n) is 4.86. The summed E-state index contributed by atoms with van der Waals surface area (Å²) in [5.74, 6) is -0.404. The Bertz CT molecular complexity index is 361. The van der Waals surface area contributed by atoms with Gasteiger partial charge in [-0.25, -0.2) is 8.78 Å². The van der Waals surface area contributed by atoms with E-state index in [1.165, 1.54) is 18.9 Å². The van der Waals surface area contributed by atoms with E-state index in [-0.39, 0.29) is 5.56 Å². The van der Waals surface area contributed by atoms with Crippen molar-refractivity contribution in [1.82, 2.24) is 5.32 Å². The first-order valence-corrected chi connectivity index (χ1v) is 6.28. The molecule has 1 aromatic carbocycles. The average Bonchev–Trinajstić information content (AvgIpc) is 2.30. The van der Waals surface area contributed by atoms with Crippen LogP contribution in [0.15, 0.2) is 12.1 Å². The Hall–Kier alpha value is -0.960. The Balaban J connectivity index is 2.10. The van der Waals surface area contributed by atoms with E-state index in [1.807, 2.05) is 6.07 Å². The molecule has 1 nitrogen and oxygen atoms in total. The lowest BCUT2D eigenvalue weighted by atomic mass is 9.95. The van der Waals surface area contributed by atoms with Crippen molar-refractivity contribution in [1.29, 1.82) is 0 Å². The number of hydrogen-bond donors (Lipinski definition) is 1. The zero-order valence-corrected chi connectivity index (χ0v) is 10.2. The van der Waals surface area contributed by atoms with Crippen molar-refractivity contribution < 1.29 is 8.78 Å². The van der Waals surface area contributed by atoms with Crippen LogP contribution >= 0.6 is 0 Å². The topological polar surface area (TPSA) is 12.0 Å². The third-order valence-electron chi connectivity index (χ3n) is 3.51. The number of piperidine rings is 1. The normalized spacial score (nSPS) is 20.5. The van der Waals surface area contributed by atoms with Crippen LogP contribution < -0.4 is 5.32 Å². The molecule has 1 aromatic rings. The first-order valence-electron chi connectivity index (χ1n) is 6.28. The van der Waals surface area contributed by atoms with Crippen molar-refractivity contribution in [2.75, 3.05) is 6.54 Å². The van der Waals surface area contributed by atoms with Gasteiger partial charge in [-0.15, -0.1) is 0 Å². The van der Waals surface area contributed by atoms with E-state index in [0.29, 0.717) is 6.04 Å². The molecule has 3 heteroatoms. The quantitative estimate of drug-likeness (QED) is 0.853. The molecule has 0 saturated carbocycles. The smallest absolute Gasteiger partial charge is 0.129 e. The van der Waals surface area contributed by atoms with Gasteiger partial charge in [0.25, 0.3) is 0 Å². The predicted molar refractivity (Wildman–Crippen MR) is 65.3 cm³/mol. The van der Waals surface area contributed by atoms with Gasteiger partial charge in [0.05, 0.1) is 0 Å². The lowest BCUT2D eigenvalue weighted by Gasteiger charge is -2.23.